The van der Waals surface area contributed by atoms with Gasteiger partial charge in [0.2, 0.25) is 17.7 Å². The van der Waals surface area contributed by atoms with E-state index >= 15 is 0 Å². The summed E-state index contributed by atoms with van der Waals surface area (Å²) in [5.74, 6) is 3.44. The smallest absolute Gasteiger partial charge is 0.226 e. The molecule has 0 saturated heterocycles. The first-order valence-corrected chi connectivity index (χ1v) is 17.4. The molecule has 8 heteroatoms. The van der Waals surface area contributed by atoms with E-state index in [1.54, 1.807) is 6.20 Å². The Morgan fingerprint density at radius 2 is 1.38 bits per heavy atom. The number of hydrogen-bond acceptors (Lipinski definition) is 5. The van der Waals surface area contributed by atoms with Gasteiger partial charge in [0.05, 0.1) is 13.0 Å². The molecule has 8 nitrogen and oxygen atoms in total. The fourth-order valence-corrected chi connectivity index (χ4v) is 8.34. The number of nitrogens with one attached hydrogen (secondary N) is 3. The molecule has 2 aromatic carbocycles. The van der Waals surface area contributed by atoms with Gasteiger partial charge in [-0.1, -0.05) is 48.5 Å². The lowest BCUT2D eigenvalue weighted by Crippen LogP contribution is -2.51. The first kappa shape index (κ1) is 32.7. The zero-order valence-corrected chi connectivity index (χ0v) is 27.3. The molecule has 7 rings (SSSR count). The van der Waals surface area contributed by atoms with Gasteiger partial charge in [-0.25, -0.2) is 0 Å². The first-order chi connectivity index (χ1) is 22.9. The summed E-state index contributed by atoms with van der Waals surface area (Å²) in [6.45, 7) is 2.36. The van der Waals surface area contributed by atoms with Crippen molar-refractivity contribution in [3.05, 3.63) is 84.2 Å². The number of aromatic nitrogens is 1. The second-order valence-electron chi connectivity index (χ2n) is 14.1. The number of rotatable bonds is 16. The third kappa shape index (κ3) is 9.43. The highest BCUT2D eigenvalue weighted by Gasteiger charge is 2.50. The number of ether oxygens (including phenoxy) is 1. The van der Waals surface area contributed by atoms with E-state index in [1.807, 2.05) is 66.7 Å². The molecule has 0 radical (unpaired) electrons. The van der Waals surface area contributed by atoms with E-state index in [0.29, 0.717) is 50.8 Å². The average molecular weight is 637 g/mol. The van der Waals surface area contributed by atoms with E-state index < -0.39 is 0 Å². The monoisotopic (exact) mass is 636 g/mol. The summed E-state index contributed by atoms with van der Waals surface area (Å²) >= 11 is 0. The molecule has 3 aromatic rings. The summed E-state index contributed by atoms with van der Waals surface area (Å²) < 4.78 is 5.86. The molecule has 4 aliphatic carbocycles. The molecule has 4 aliphatic rings. The number of amides is 3. The van der Waals surface area contributed by atoms with Crippen LogP contribution in [0.4, 0.5) is 0 Å². The topological polar surface area (TPSA) is 109 Å². The lowest BCUT2D eigenvalue weighted by Gasteiger charge is -2.56. The lowest BCUT2D eigenvalue weighted by atomic mass is 9.49. The van der Waals surface area contributed by atoms with Gasteiger partial charge in [0, 0.05) is 49.9 Å². The van der Waals surface area contributed by atoms with Gasteiger partial charge in [-0.2, -0.15) is 0 Å². The highest BCUT2D eigenvalue weighted by molar-refractivity contribution is 5.79. The van der Waals surface area contributed by atoms with Crippen LogP contribution in [0.5, 0.6) is 5.75 Å². The van der Waals surface area contributed by atoms with Crippen LogP contribution in [-0.2, 0) is 27.3 Å². The minimum atomic E-state index is -0.0587. The quantitative estimate of drug-likeness (QED) is 0.167. The van der Waals surface area contributed by atoms with Gasteiger partial charge in [-0.15, -0.1) is 0 Å². The maximum atomic E-state index is 12.5. The van der Waals surface area contributed by atoms with Crippen LogP contribution in [0.25, 0.3) is 11.1 Å². The van der Waals surface area contributed by atoms with E-state index in [0.717, 1.165) is 52.4 Å². The Kier molecular flexibility index (Phi) is 10.9. The van der Waals surface area contributed by atoms with Crippen LogP contribution < -0.4 is 20.7 Å². The molecule has 0 spiro atoms. The Hall–Kier alpha value is -4.20. The number of carbonyl (C=O) groups is 3. The molecule has 4 saturated carbocycles. The van der Waals surface area contributed by atoms with Gasteiger partial charge in [-0.3, -0.25) is 19.4 Å². The molecule has 47 heavy (non-hydrogen) atoms. The first-order valence-electron chi connectivity index (χ1n) is 17.4. The van der Waals surface area contributed by atoms with Crippen molar-refractivity contribution < 1.29 is 19.1 Å². The lowest BCUT2D eigenvalue weighted by molar-refractivity contribution is -0.124. The van der Waals surface area contributed by atoms with E-state index in [4.69, 9.17) is 4.74 Å². The zero-order chi connectivity index (χ0) is 32.5. The number of nitrogens with zero attached hydrogens (tertiary/aromatic N) is 1. The number of carbonyl (C=O) groups excluding carboxylic acids is 3. The van der Waals surface area contributed by atoms with Crippen molar-refractivity contribution in [2.75, 3.05) is 19.7 Å². The van der Waals surface area contributed by atoms with Crippen LogP contribution in [-0.4, -0.2) is 42.4 Å². The second kappa shape index (κ2) is 15.6. The molecule has 1 heterocycles. The SMILES string of the molecule is O=C(CCCC(=O)NCC12CC3CC(CC(C3)C1)C2)NCCCOc1ccc(-c2ccc(CC(=O)NCc3ccccc3)nc2)cc1. The summed E-state index contributed by atoms with van der Waals surface area (Å²) in [5.41, 5.74) is 4.11. The maximum absolute atomic E-state index is 12.5. The summed E-state index contributed by atoms with van der Waals surface area (Å²) in [4.78, 5) is 41.5. The molecular weight excluding hydrogens is 588 g/mol. The average Bonchev–Trinajstić information content (AvgIpc) is 3.07. The second-order valence-corrected chi connectivity index (χ2v) is 14.1. The third-order valence-electron chi connectivity index (χ3n) is 10.2. The van der Waals surface area contributed by atoms with Crippen molar-refractivity contribution in [3.8, 4) is 16.9 Å². The number of benzene rings is 2. The molecule has 3 N–H and O–H groups in total. The van der Waals surface area contributed by atoms with Crippen molar-refractivity contribution in [2.45, 2.75) is 77.2 Å². The Labute approximate surface area is 278 Å². The normalized spacial score (nSPS) is 22.4. The van der Waals surface area contributed by atoms with Crippen molar-refractivity contribution >= 4 is 17.7 Å². The van der Waals surface area contributed by atoms with E-state index in [9.17, 15) is 14.4 Å². The zero-order valence-electron chi connectivity index (χ0n) is 27.3. The minimum Gasteiger partial charge on any atom is -0.494 e. The summed E-state index contributed by atoms with van der Waals surface area (Å²) in [6.07, 6.45) is 12.2. The van der Waals surface area contributed by atoms with Crippen LogP contribution in [0.2, 0.25) is 0 Å². The maximum Gasteiger partial charge on any atom is 0.226 e. The van der Waals surface area contributed by atoms with Crippen molar-refractivity contribution in [1.29, 1.82) is 0 Å². The predicted molar refractivity (Wildman–Crippen MR) is 182 cm³/mol. The molecule has 0 unspecified atom stereocenters. The van der Waals surface area contributed by atoms with Gasteiger partial charge >= 0.3 is 0 Å². The van der Waals surface area contributed by atoms with Gasteiger partial charge in [-0.05, 0) is 104 Å². The van der Waals surface area contributed by atoms with Crippen LogP contribution in [0.1, 0.15) is 75.5 Å². The Bertz CT molecular complexity index is 1450. The van der Waals surface area contributed by atoms with Crippen LogP contribution in [0, 0.1) is 23.2 Å². The van der Waals surface area contributed by atoms with Crippen molar-refractivity contribution in [3.63, 3.8) is 0 Å². The van der Waals surface area contributed by atoms with Crippen LogP contribution in [0.15, 0.2) is 72.9 Å². The molecule has 1 aromatic heterocycles. The fraction of sp³-hybridized carbons (Fsp3) is 0.487. The Morgan fingerprint density at radius 3 is 2.04 bits per heavy atom. The fourth-order valence-electron chi connectivity index (χ4n) is 8.34. The molecule has 0 atom stereocenters. The van der Waals surface area contributed by atoms with Gasteiger partial charge in [0.15, 0.2) is 0 Å². The van der Waals surface area contributed by atoms with E-state index in [2.05, 4.69) is 20.9 Å². The Morgan fingerprint density at radius 1 is 0.723 bits per heavy atom. The largest absolute Gasteiger partial charge is 0.494 e. The molecule has 4 bridgehead atoms. The minimum absolute atomic E-state index is 0.0179. The summed E-state index contributed by atoms with van der Waals surface area (Å²) in [5, 5.41) is 9.09. The summed E-state index contributed by atoms with van der Waals surface area (Å²) in [6, 6.07) is 21.5. The molecular formula is C39H48N4O4. The van der Waals surface area contributed by atoms with Crippen LogP contribution in [0.3, 0.4) is 0 Å². The highest BCUT2D eigenvalue weighted by atomic mass is 16.5. The van der Waals surface area contributed by atoms with Crippen molar-refractivity contribution in [2.24, 2.45) is 23.2 Å². The van der Waals surface area contributed by atoms with Crippen molar-refractivity contribution in [1.82, 2.24) is 20.9 Å². The highest BCUT2D eigenvalue weighted by Crippen LogP contribution is 2.59. The number of hydrogen-bond donors (Lipinski definition) is 3. The number of pyridine rings is 1. The van der Waals surface area contributed by atoms with Gasteiger partial charge in [0.25, 0.3) is 0 Å². The standard InChI is InChI=1S/C39H48N4O4/c44-36(8-4-9-37(45)43-27-39-22-29-18-30(23-39)20-31(19-29)24-39)40-16-5-17-47-35-14-11-32(12-15-35)33-10-13-34(41-26-33)21-38(46)42-25-28-6-2-1-3-7-28/h1-3,6-7,10-15,26,29-31H,4-5,8-9,16-25,27H2,(H,40,44)(H,42,46)(H,43,45). The molecule has 0 aliphatic heterocycles. The van der Waals surface area contributed by atoms with Crippen LogP contribution >= 0.6 is 0 Å². The molecule has 248 valence electrons. The molecule has 3 amide bonds. The van der Waals surface area contributed by atoms with Gasteiger partial charge in [0.1, 0.15) is 5.75 Å². The predicted octanol–water partition coefficient (Wildman–Crippen LogP) is 6.00. The third-order valence-corrected chi connectivity index (χ3v) is 10.2. The van der Waals surface area contributed by atoms with Gasteiger partial charge < -0.3 is 20.7 Å². The van der Waals surface area contributed by atoms with E-state index in [1.165, 1.54) is 38.5 Å². The van der Waals surface area contributed by atoms with E-state index in [-0.39, 0.29) is 24.1 Å². The molecule has 4 fully saturated rings. The summed E-state index contributed by atoms with van der Waals surface area (Å²) in [7, 11) is 0. The Balaban J connectivity index is 0.811.